The monoisotopic (exact) mass is 208 g/mol. The first-order valence-corrected chi connectivity index (χ1v) is 4.97. The maximum Gasteiger partial charge on any atom is 0.243 e. The van der Waals surface area contributed by atoms with E-state index in [2.05, 4.69) is 11.9 Å². The highest BCUT2D eigenvalue weighted by Crippen LogP contribution is 1.91. The first-order chi connectivity index (χ1) is 7.10. The highest BCUT2D eigenvalue weighted by Gasteiger charge is 1.95. The van der Waals surface area contributed by atoms with E-state index in [0.29, 0.717) is 6.54 Å². The summed E-state index contributed by atoms with van der Waals surface area (Å²) in [6, 6.07) is 0. The molecule has 1 N–H and O–H groups in total. The Morgan fingerprint density at radius 2 is 2.13 bits per heavy atom. The predicted octanol–water partition coefficient (Wildman–Crippen LogP) is 1.35. The fourth-order valence-corrected chi connectivity index (χ4v) is 0.911. The molecule has 0 heterocycles. The molecule has 0 unspecified atom stereocenters. The molecule has 0 saturated heterocycles. The van der Waals surface area contributed by atoms with E-state index in [0.717, 1.165) is 12.1 Å². The first kappa shape index (κ1) is 13.7. The molecule has 0 aromatic carbocycles. The molecule has 1 amide bonds. The van der Waals surface area contributed by atoms with Crippen LogP contribution in [-0.4, -0.2) is 38.0 Å². The van der Waals surface area contributed by atoms with Gasteiger partial charge in [0.2, 0.25) is 5.91 Å². The van der Waals surface area contributed by atoms with Crippen molar-refractivity contribution in [2.75, 3.05) is 27.2 Å². The van der Waals surface area contributed by atoms with E-state index < -0.39 is 0 Å². The summed E-state index contributed by atoms with van der Waals surface area (Å²) in [7, 11) is 3.91. The van der Waals surface area contributed by atoms with Crippen molar-refractivity contribution in [3.8, 4) is 0 Å². The number of carbonyl (C=O) groups excluding carboxylic acids is 1. The van der Waals surface area contributed by atoms with Crippen LogP contribution in [0.5, 0.6) is 0 Å². The molecule has 0 bridgehead atoms. The number of likely N-dealkylation sites (N-methyl/N-ethyl adjacent to an activating group) is 1. The molecule has 84 valence electrons. The van der Waals surface area contributed by atoms with Crippen molar-refractivity contribution in [3.63, 3.8) is 0 Å². The van der Waals surface area contributed by atoms with Crippen molar-refractivity contribution in [2.45, 2.75) is 6.92 Å². The first-order valence-electron chi connectivity index (χ1n) is 4.97. The fourth-order valence-electron chi connectivity index (χ4n) is 0.911. The maximum absolute atomic E-state index is 11.3. The summed E-state index contributed by atoms with van der Waals surface area (Å²) >= 11 is 0. The van der Waals surface area contributed by atoms with E-state index in [1.807, 2.05) is 38.1 Å². The molecule has 0 saturated carbocycles. The highest BCUT2D eigenvalue weighted by molar-refractivity contribution is 5.87. The fraction of sp³-hybridized carbons (Fsp3) is 0.417. The van der Waals surface area contributed by atoms with E-state index in [1.165, 1.54) is 0 Å². The van der Waals surface area contributed by atoms with Crippen LogP contribution in [0.15, 0.2) is 36.5 Å². The van der Waals surface area contributed by atoms with Crippen LogP contribution >= 0.6 is 0 Å². The van der Waals surface area contributed by atoms with Gasteiger partial charge in [0.15, 0.2) is 0 Å². The zero-order chi connectivity index (χ0) is 11.7. The number of rotatable bonds is 6. The summed E-state index contributed by atoms with van der Waals surface area (Å²) in [4.78, 5) is 13.3. The second-order valence-corrected chi connectivity index (χ2v) is 3.45. The van der Waals surface area contributed by atoms with Gasteiger partial charge in [0.25, 0.3) is 0 Å². The molecule has 0 aromatic heterocycles. The summed E-state index contributed by atoms with van der Waals surface area (Å²) in [6.45, 7) is 6.87. The van der Waals surface area contributed by atoms with Crippen LogP contribution in [0, 0.1) is 0 Å². The number of carbonyl (C=O) groups is 1. The molecule has 0 aromatic rings. The molecule has 0 atom stereocenters. The third-order valence-corrected chi connectivity index (χ3v) is 1.84. The standard InChI is InChI=1S/C12H20N2O/c1-5-11(6-2)10-13-12(15)8-7-9-14(3)4/h5-8H,1,9-10H2,2-4H3,(H,13,15). The third-order valence-electron chi connectivity index (χ3n) is 1.84. The van der Waals surface area contributed by atoms with Gasteiger partial charge < -0.3 is 10.2 Å². The maximum atomic E-state index is 11.3. The molecule has 15 heavy (non-hydrogen) atoms. The molecule has 0 fully saturated rings. The van der Waals surface area contributed by atoms with Crippen LogP contribution in [0.1, 0.15) is 6.92 Å². The lowest BCUT2D eigenvalue weighted by molar-refractivity contribution is -0.116. The van der Waals surface area contributed by atoms with Gasteiger partial charge in [0.05, 0.1) is 0 Å². The number of nitrogens with zero attached hydrogens (tertiary/aromatic N) is 1. The Hall–Kier alpha value is -1.35. The van der Waals surface area contributed by atoms with Crippen molar-refractivity contribution in [3.05, 3.63) is 36.5 Å². The van der Waals surface area contributed by atoms with E-state index >= 15 is 0 Å². The topological polar surface area (TPSA) is 32.3 Å². The Balaban J connectivity index is 3.84. The molecule has 0 aliphatic rings. The molecule has 0 spiro atoms. The average molecular weight is 208 g/mol. The molecule has 0 radical (unpaired) electrons. The van der Waals surface area contributed by atoms with Crippen LogP contribution in [0.25, 0.3) is 0 Å². The Morgan fingerprint density at radius 3 is 2.60 bits per heavy atom. The number of allylic oxidation sites excluding steroid dienone is 1. The minimum absolute atomic E-state index is 0.0712. The van der Waals surface area contributed by atoms with Crippen LogP contribution in [0.3, 0.4) is 0 Å². The number of hydrogen-bond donors (Lipinski definition) is 1. The molecule has 3 nitrogen and oxygen atoms in total. The quantitative estimate of drug-likeness (QED) is 0.528. The van der Waals surface area contributed by atoms with Gasteiger partial charge in [-0.1, -0.05) is 24.8 Å². The molecule has 3 heteroatoms. The van der Waals surface area contributed by atoms with E-state index in [1.54, 1.807) is 12.2 Å². The van der Waals surface area contributed by atoms with E-state index in [9.17, 15) is 4.79 Å². The van der Waals surface area contributed by atoms with Crippen LogP contribution in [0.2, 0.25) is 0 Å². The summed E-state index contributed by atoms with van der Waals surface area (Å²) in [5, 5.41) is 2.77. The summed E-state index contributed by atoms with van der Waals surface area (Å²) in [6.07, 6.45) is 7.05. The molecule has 0 aliphatic carbocycles. The van der Waals surface area contributed by atoms with E-state index in [-0.39, 0.29) is 5.91 Å². The van der Waals surface area contributed by atoms with Crippen LogP contribution in [-0.2, 0) is 4.79 Å². The van der Waals surface area contributed by atoms with E-state index in [4.69, 9.17) is 0 Å². The second kappa shape index (κ2) is 8.00. The molecule has 0 aliphatic heterocycles. The lowest BCUT2D eigenvalue weighted by Crippen LogP contribution is -2.23. The van der Waals surface area contributed by atoms with Gasteiger partial charge in [-0.2, -0.15) is 0 Å². The van der Waals surface area contributed by atoms with Gasteiger partial charge in [-0.25, -0.2) is 0 Å². The van der Waals surface area contributed by atoms with Gasteiger partial charge in [0, 0.05) is 19.2 Å². The van der Waals surface area contributed by atoms with Crippen molar-refractivity contribution in [1.29, 1.82) is 0 Å². The minimum atomic E-state index is -0.0712. The number of hydrogen-bond acceptors (Lipinski definition) is 2. The number of amides is 1. The Labute approximate surface area is 92.2 Å². The minimum Gasteiger partial charge on any atom is -0.348 e. The average Bonchev–Trinajstić information content (AvgIpc) is 2.18. The SMILES string of the molecule is C=CC(=CC)CNC(=O)C=CCN(C)C. The van der Waals surface area contributed by atoms with Gasteiger partial charge in [-0.05, 0) is 26.6 Å². The summed E-state index contributed by atoms with van der Waals surface area (Å²) in [5.74, 6) is -0.0712. The van der Waals surface area contributed by atoms with Crippen molar-refractivity contribution in [1.82, 2.24) is 10.2 Å². The molecule has 0 rings (SSSR count). The lowest BCUT2D eigenvalue weighted by atomic mass is 10.2. The Morgan fingerprint density at radius 1 is 1.47 bits per heavy atom. The zero-order valence-corrected chi connectivity index (χ0v) is 9.79. The number of nitrogens with one attached hydrogen (secondary N) is 1. The van der Waals surface area contributed by atoms with Gasteiger partial charge in [0.1, 0.15) is 0 Å². The zero-order valence-electron chi connectivity index (χ0n) is 9.79. The van der Waals surface area contributed by atoms with Crippen LogP contribution in [0.4, 0.5) is 0 Å². The summed E-state index contributed by atoms with van der Waals surface area (Å²) < 4.78 is 0. The smallest absolute Gasteiger partial charge is 0.243 e. The van der Waals surface area contributed by atoms with Gasteiger partial charge >= 0.3 is 0 Å². The lowest BCUT2D eigenvalue weighted by Gasteiger charge is -2.04. The predicted molar refractivity (Wildman–Crippen MR) is 64.7 cm³/mol. The van der Waals surface area contributed by atoms with Gasteiger partial charge in [-0.15, -0.1) is 0 Å². The third kappa shape index (κ3) is 7.70. The van der Waals surface area contributed by atoms with Crippen LogP contribution < -0.4 is 5.32 Å². The largest absolute Gasteiger partial charge is 0.348 e. The van der Waals surface area contributed by atoms with Crippen molar-refractivity contribution < 1.29 is 4.79 Å². The molecular weight excluding hydrogens is 188 g/mol. The van der Waals surface area contributed by atoms with Crippen molar-refractivity contribution >= 4 is 5.91 Å². The normalized spacial score (nSPS) is 12.1. The van der Waals surface area contributed by atoms with Gasteiger partial charge in [-0.3, -0.25) is 4.79 Å². The Kier molecular flexibility index (Phi) is 7.28. The summed E-state index contributed by atoms with van der Waals surface area (Å²) in [5.41, 5.74) is 1.02. The Bertz CT molecular complexity index is 265. The second-order valence-electron chi connectivity index (χ2n) is 3.45. The highest BCUT2D eigenvalue weighted by atomic mass is 16.1. The molecular formula is C12H20N2O. The van der Waals surface area contributed by atoms with Crippen molar-refractivity contribution in [2.24, 2.45) is 0 Å².